The Balaban J connectivity index is 1.71. The number of nitrogens with zero attached hydrogens (tertiary/aromatic N) is 4. The number of carbonyl (C=O) groups excluding carboxylic acids is 2. The topological polar surface area (TPSA) is 67.7 Å². The molecule has 1 aromatic carbocycles. The molecule has 1 saturated heterocycles. The van der Waals surface area contributed by atoms with E-state index in [0.29, 0.717) is 24.3 Å². The van der Waals surface area contributed by atoms with E-state index in [1.807, 2.05) is 45.3 Å². The monoisotopic (exact) mass is 508 g/mol. The Kier molecular flexibility index (Phi) is 7.57. The van der Waals surface area contributed by atoms with E-state index in [2.05, 4.69) is 11.2 Å². The molecule has 0 radical (unpaired) electrons. The van der Waals surface area contributed by atoms with E-state index in [0.717, 1.165) is 35.7 Å². The first-order chi connectivity index (χ1) is 17.5. The smallest absolute Gasteiger partial charge is 0.410 e. The normalized spacial score (nSPS) is 16.6. The summed E-state index contributed by atoms with van der Waals surface area (Å²) < 4.78 is 21.9. The lowest BCUT2D eigenvalue weighted by atomic mass is 9.92. The van der Waals surface area contributed by atoms with Crippen molar-refractivity contribution in [2.45, 2.75) is 71.4 Å². The number of ether oxygens (including phenoxy) is 1. The van der Waals surface area contributed by atoms with Gasteiger partial charge in [-0.05, 0) is 89.6 Å². The summed E-state index contributed by atoms with van der Waals surface area (Å²) in [6.07, 6.45) is 7.91. The van der Waals surface area contributed by atoms with Crippen LogP contribution < -0.4 is 0 Å². The summed E-state index contributed by atoms with van der Waals surface area (Å²) in [5.41, 5.74) is 2.39. The fourth-order valence-corrected chi connectivity index (χ4v) is 4.86. The number of pyridine rings is 1. The zero-order chi connectivity index (χ0) is 26.9. The highest BCUT2D eigenvalue weighted by Crippen LogP contribution is 2.36. The highest BCUT2D eigenvalue weighted by Gasteiger charge is 2.28. The van der Waals surface area contributed by atoms with Crippen LogP contribution in [-0.2, 0) is 4.74 Å². The van der Waals surface area contributed by atoms with Gasteiger partial charge in [0, 0.05) is 44.0 Å². The Morgan fingerprint density at radius 1 is 1.16 bits per heavy atom. The Bertz CT molecular complexity index is 1290. The summed E-state index contributed by atoms with van der Waals surface area (Å²) in [4.78, 5) is 33.7. The predicted molar refractivity (Wildman–Crippen MR) is 143 cm³/mol. The Labute approximate surface area is 218 Å². The SMILES string of the molecule is CC(C)N(C)C(=O)c1cc(F)ccc1-n1cc(C2CCCN(C(=O)OC(C)(C)C)CC2)c2ccncc21. The number of aromatic nitrogens is 2. The molecule has 2 aromatic heterocycles. The van der Waals surface area contributed by atoms with E-state index in [-0.39, 0.29) is 24.0 Å². The lowest BCUT2D eigenvalue weighted by molar-refractivity contribution is 0.0256. The first-order valence-corrected chi connectivity index (χ1v) is 13.0. The van der Waals surface area contributed by atoms with Crippen LogP contribution in [0, 0.1) is 5.82 Å². The molecule has 3 heterocycles. The molecule has 1 aliphatic rings. The van der Waals surface area contributed by atoms with Gasteiger partial charge < -0.3 is 19.1 Å². The summed E-state index contributed by atoms with van der Waals surface area (Å²) >= 11 is 0. The van der Waals surface area contributed by atoms with Crippen LogP contribution in [0.15, 0.2) is 42.9 Å². The molecule has 2 amide bonds. The van der Waals surface area contributed by atoms with Crippen LogP contribution in [-0.4, -0.2) is 63.1 Å². The van der Waals surface area contributed by atoms with Gasteiger partial charge in [0.25, 0.3) is 5.91 Å². The van der Waals surface area contributed by atoms with Crippen molar-refractivity contribution in [3.05, 3.63) is 59.8 Å². The lowest BCUT2D eigenvalue weighted by Crippen LogP contribution is -2.37. The fourth-order valence-electron chi connectivity index (χ4n) is 4.86. The fraction of sp³-hybridized carbons (Fsp3) is 0.483. The average molecular weight is 509 g/mol. The molecule has 0 bridgehead atoms. The minimum atomic E-state index is -0.531. The second kappa shape index (κ2) is 10.5. The third kappa shape index (κ3) is 5.78. The number of halogens is 1. The van der Waals surface area contributed by atoms with Gasteiger partial charge in [-0.1, -0.05) is 0 Å². The molecule has 4 rings (SSSR count). The maximum atomic E-state index is 14.3. The molecule has 3 aromatic rings. The number of hydrogen-bond acceptors (Lipinski definition) is 4. The number of fused-ring (bicyclic) bond motifs is 1. The molecule has 8 heteroatoms. The van der Waals surface area contributed by atoms with Crippen LogP contribution in [0.4, 0.5) is 9.18 Å². The molecule has 1 fully saturated rings. The van der Waals surface area contributed by atoms with Gasteiger partial charge in [0.15, 0.2) is 0 Å². The standard InChI is InChI=1S/C29H37FN4O3/c1-19(2)32(6)27(35)23-16-21(30)9-10-25(23)34-18-24(22-11-13-31-17-26(22)34)20-8-7-14-33(15-12-20)28(36)37-29(3,4)5/h9-11,13,16-20H,7-8,12,14-15H2,1-6H3. The largest absolute Gasteiger partial charge is 0.444 e. The maximum absolute atomic E-state index is 14.3. The molecular weight excluding hydrogens is 471 g/mol. The predicted octanol–water partition coefficient (Wildman–Crippen LogP) is 6.15. The first kappa shape index (κ1) is 26.6. The highest BCUT2D eigenvalue weighted by molar-refractivity contribution is 5.99. The van der Waals surface area contributed by atoms with Crippen LogP contribution in [0.25, 0.3) is 16.6 Å². The average Bonchev–Trinajstić information content (AvgIpc) is 3.03. The van der Waals surface area contributed by atoms with Gasteiger partial charge in [-0.15, -0.1) is 0 Å². The maximum Gasteiger partial charge on any atom is 0.410 e. The zero-order valence-corrected chi connectivity index (χ0v) is 22.6. The van der Waals surface area contributed by atoms with Crippen molar-refractivity contribution in [3.8, 4) is 5.69 Å². The molecule has 0 spiro atoms. The molecule has 7 nitrogen and oxygen atoms in total. The molecule has 1 aliphatic heterocycles. The Hall–Kier alpha value is -3.42. The van der Waals surface area contributed by atoms with Gasteiger partial charge in [0.05, 0.1) is 23.0 Å². The number of likely N-dealkylation sites (tertiary alicyclic amines) is 1. The molecule has 37 heavy (non-hydrogen) atoms. The number of amides is 2. The van der Waals surface area contributed by atoms with Crippen molar-refractivity contribution in [2.75, 3.05) is 20.1 Å². The summed E-state index contributed by atoms with van der Waals surface area (Å²) in [7, 11) is 1.73. The molecular formula is C29H37FN4O3. The van der Waals surface area contributed by atoms with Gasteiger partial charge >= 0.3 is 6.09 Å². The van der Waals surface area contributed by atoms with Crippen molar-refractivity contribution in [1.29, 1.82) is 0 Å². The van der Waals surface area contributed by atoms with E-state index in [1.165, 1.54) is 12.1 Å². The summed E-state index contributed by atoms with van der Waals surface area (Å²) in [5.74, 6) is -0.471. The molecule has 198 valence electrons. The molecule has 0 N–H and O–H groups in total. The van der Waals surface area contributed by atoms with E-state index in [9.17, 15) is 14.0 Å². The summed E-state index contributed by atoms with van der Waals surface area (Å²) in [5, 5.41) is 1.05. The third-order valence-electron chi connectivity index (χ3n) is 7.00. The Morgan fingerprint density at radius 3 is 2.62 bits per heavy atom. The second-order valence-electron chi connectivity index (χ2n) is 11.1. The van der Waals surface area contributed by atoms with Crippen molar-refractivity contribution < 1.29 is 18.7 Å². The third-order valence-corrected chi connectivity index (χ3v) is 7.00. The zero-order valence-electron chi connectivity index (χ0n) is 22.6. The van der Waals surface area contributed by atoms with Crippen LogP contribution in [0.5, 0.6) is 0 Å². The van der Waals surface area contributed by atoms with Crippen LogP contribution in [0.3, 0.4) is 0 Å². The quantitative estimate of drug-likeness (QED) is 0.424. The number of benzene rings is 1. The van der Waals surface area contributed by atoms with Crippen molar-refractivity contribution in [2.24, 2.45) is 0 Å². The van der Waals surface area contributed by atoms with Crippen LogP contribution >= 0.6 is 0 Å². The minimum Gasteiger partial charge on any atom is -0.444 e. The van der Waals surface area contributed by atoms with Gasteiger partial charge in [-0.3, -0.25) is 9.78 Å². The van der Waals surface area contributed by atoms with E-state index in [4.69, 9.17) is 4.74 Å². The second-order valence-corrected chi connectivity index (χ2v) is 11.1. The molecule has 0 aliphatic carbocycles. The lowest BCUT2D eigenvalue weighted by Gasteiger charge is -2.26. The molecule has 0 saturated carbocycles. The Morgan fingerprint density at radius 2 is 1.92 bits per heavy atom. The van der Waals surface area contributed by atoms with Gasteiger partial charge in [0.2, 0.25) is 0 Å². The van der Waals surface area contributed by atoms with E-state index >= 15 is 0 Å². The van der Waals surface area contributed by atoms with E-state index in [1.54, 1.807) is 35.3 Å². The van der Waals surface area contributed by atoms with Crippen molar-refractivity contribution in [3.63, 3.8) is 0 Å². The molecule has 1 unspecified atom stereocenters. The van der Waals surface area contributed by atoms with Crippen LogP contribution in [0.2, 0.25) is 0 Å². The number of carbonyl (C=O) groups is 2. The van der Waals surface area contributed by atoms with E-state index < -0.39 is 11.4 Å². The van der Waals surface area contributed by atoms with Crippen molar-refractivity contribution in [1.82, 2.24) is 19.4 Å². The van der Waals surface area contributed by atoms with Gasteiger partial charge in [-0.2, -0.15) is 0 Å². The van der Waals surface area contributed by atoms with Crippen LogP contribution in [0.1, 0.15) is 75.7 Å². The molecule has 1 atom stereocenters. The summed E-state index contributed by atoms with van der Waals surface area (Å²) in [6, 6.07) is 6.31. The number of hydrogen-bond donors (Lipinski definition) is 0. The minimum absolute atomic E-state index is 0.0267. The van der Waals surface area contributed by atoms with Gasteiger partial charge in [-0.25, -0.2) is 9.18 Å². The van der Waals surface area contributed by atoms with Crippen molar-refractivity contribution >= 4 is 22.9 Å². The first-order valence-electron chi connectivity index (χ1n) is 13.0. The van der Waals surface area contributed by atoms with Gasteiger partial charge in [0.1, 0.15) is 11.4 Å². The summed E-state index contributed by atoms with van der Waals surface area (Å²) in [6.45, 7) is 10.7. The number of rotatable bonds is 4. The highest BCUT2D eigenvalue weighted by atomic mass is 19.1.